The van der Waals surface area contributed by atoms with Crippen LogP contribution in [-0.4, -0.2) is 24.2 Å². The largest absolute Gasteiger partial charge is 0.454 e. The summed E-state index contributed by atoms with van der Waals surface area (Å²) in [6.45, 7) is 0.627. The zero-order valence-electron chi connectivity index (χ0n) is 11.1. The summed E-state index contributed by atoms with van der Waals surface area (Å²) in [5, 5.41) is 3.21. The van der Waals surface area contributed by atoms with Gasteiger partial charge in [-0.1, -0.05) is 17.7 Å². The van der Waals surface area contributed by atoms with Gasteiger partial charge in [-0.15, -0.1) is 0 Å². The number of nitrogens with zero attached hydrogens (tertiary/aromatic N) is 1. The van der Waals surface area contributed by atoms with Gasteiger partial charge in [0.05, 0.1) is 5.02 Å². The van der Waals surface area contributed by atoms with Crippen molar-refractivity contribution in [2.75, 3.05) is 13.3 Å². The molecule has 0 bridgehead atoms. The van der Waals surface area contributed by atoms with Gasteiger partial charge in [-0.3, -0.25) is 9.78 Å². The lowest BCUT2D eigenvalue weighted by atomic mass is 10.2. The van der Waals surface area contributed by atoms with E-state index in [0.29, 0.717) is 35.1 Å². The molecule has 1 aromatic heterocycles. The Bertz CT molecular complexity index is 661. The highest BCUT2D eigenvalue weighted by molar-refractivity contribution is 6.32. The van der Waals surface area contributed by atoms with Gasteiger partial charge in [0.25, 0.3) is 5.91 Å². The second-order valence-electron chi connectivity index (χ2n) is 4.52. The number of nitrogens with one attached hydrogen (secondary N) is 1. The molecule has 2 aromatic rings. The summed E-state index contributed by atoms with van der Waals surface area (Å²) < 4.78 is 10.5. The van der Waals surface area contributed by atoms with Gasteiger partial charge in [0.15, 0.2) is 11.5 Å². The molecule has 1 aliphatic heterocycles. The summed E-state index contributed by atoms with van der Waals surface area (Å²) in [4.78, 5) is 16.3. The van der Waals surface area contributed by atoms with Gasteiger partial charge in [-0.05, 0) is 24.3 Å². The quantitative estimate of drug-likeness (QED) is 0.942. The van der Waals surface area contributed by atoms with E-state index in [9.17, 15) is 4.79 Å². The Kier molecular flexibility index (Phi) is 3.92. The number of pyridine rings is 1. The molecule has 1 aliphatic rings. The Hall–Kier alpha value is -2.27. The van der Waals surface area contributed by atoms with Crippen LogP contribution in [-0.2, 0) is 6.42 Å². The number of hydrogen-bond donors (Lipinski definition) is 1. The first-order valence-corrected chi connectivity index (χ1v) is 6.89. The summed E-state index contributed by atoms with van der Waals surface area (Å²) in [5.41, 5.74) is 1.38. The molecule has 0 saturated carbocycles. The number of carbonyl (C=O) groups is 1. The maximum Gasteiger partial charge on any atom is 0.251 e. The highest BCUT2D eigenvalue weighted by Gasteiger charge is 2.20. The normalized spacial score (nSPS) is 12.2. The van der Waals surface area contributed by atoms with E-state index in [4.69, 9.17) is 21.1 Å². The molecule has 1 amide bonds. The van der Waals surface area contributed by atoms with Gasteiger partial charge >= 0.3 is 0 Å². The monoisotopic (exact) mass is 304 g/mol. The summed E-state index contributed by atoms with van der Waals surface area (Å²) in [7, 11) is 0. The van der Waals surface area contributed by atoms with Crippen LogP contribution in [0.4, 0.5) is 0 Å². The van der Waals surface area contributed by atoms with Crippen LogP contribution in [0.2, 0.25) is 5.02 Å². The van der Waals surface area contributed by atoms with Gasteiger partial charge in [0.1, 0.15) is 0 Å². The van der Waals surface area contributed by atoms with Crippen LogP contribution >= 0.6 is 11.6 Å². The molecule has 5 nitrogen and oxygen atoms in total. The van der Waals surface area contributed by atoms with E-state index in [1.54, 1.807) is 18.3 Å². The molecule has 2 heterocycles. The van der Waals surface area contributed by atoms with Crippen molar-refractivity contribution in [1.82, 2.24) is 10.3 Å². The average molecular weight is 305 g/mol. The highest BCUT2D eigenvalue weighted by atomic mass is 35.5. The third-order valence-electron chi connectivity index (χ3n) is 3.08. The highest BCUT2D eigenvalue weighted by Crippen LogP contribution is 2.39. The van der Waals surface area contributed by atoms with Crippen molar-refractivity contribution in [3.8, 4) is 11.5 Å². The molecule has 1 aromatic carbocycles. The van der Waals surface area contributed by atoms with E-state index in [-0.39, 0.29) is 12.7 Å². The van der Waals surface area contributed by atoms with Crippen molar-refractivity contribution in [2.24, 2.45) is 0 Å². The topological polar surface area (TPSA) is 60.5 Å². The maximum atomic E-state index is 12.1. The van der Waals surface area contributed by atoms with Crippen LogP contribution < -0.4 is 14.8 Å². The van der Waals surface area contributed by atoms with Crippen molar-refractivity contribution in [3.63, 3.8) is 0 Å². The Morgan fingerprint density at radius 1 is 1.33 bits per heavy atom. The minimum atomic E-state index is -0.203. The fourth-order valence-electron chi connectivity index (χ4n) is 2.05. The van der Waals surface area contributed by atoms with Crippen LogP contribution in [0.1, 0.15) is 16.1 Å². The number of fused-ring (bicyclic) bond motifs is 1. The third-order valence-corrected chi connectivity index (χ3v) is 3.36. The van der Waals surface area contributed by atoms with Crippen LogP contribution in [0.25, 0.3) is 0 Å². The molecule has 0 fully saturated rings. The first kappa shape index (κ1) is 13.7. The lowest BCUT2D eigenvalue weighted by Crippen LogP contribution is -2.25. The molecular weight excluding hydrogens is 292 g/mol. The van der Waals surface area contributed by atoms with Crippen molar-refractivity contribution in [1.29, 1.82) is 0 Å². The number of halogens is 1. The standard InChI is InChI=1S/C15H13ClN2O3/c16-12-7-10(8-13-14(12)21-9-20-13)15(19)18-6-4-11-3-1-2-5-17-11/h1-3,5,7-8H,4,6,9H2,(H,18,19). The van der Waals surface area contributed by atoms with Crippen LogP contribution in [0.3, 0.4) is 0 Å². The van der Waals surface area contributed by atoms with Crippen LogP contribution in [0.15, 0.2) is 36.5 Å². The maximum absolute atomic E-state index is 12.1. The molecule has 0 spiro atoms. The number of hydrogen-bond acceptors (Lipinski definition) is 4. The Morgan fingerprint density at radius 3 is 3.05 bits per heavy atom. The summed E-state index contributed by atoms with van der Waals surface area (Å²) in [6.07, 6.45) is 2.40. The second-order valence-corrected chi connectivity index (χ2v) is 4.93. The first-order valence-electron chi connectivity index (χ1n) is 6.51. The summed E-state index contributed by atoms with van der Waals surface area (Å²) in [6, 6.07) is 8.90. The van der Waals surface area contributed by atoms with E-state index in [0.717, 1.165) is 5.69 Å². The van der Waals surface area contributed by atoms with Crippen molar-refractivity contribution in [3.05, 3.63) is 52.8 Å². The number of ether oxygens (including phenoxy) is 2. The van der Waals surface area contributed by atoms with Crippen molar-refractivity contribution >= 4 is 17.5 Å². The Labute approximate surface area is 126 Å². The lowest BCUT2D eigenvalue weighted by Gasteiger charge is -2.07. The molecule has 0 saturated heterocycles. The Morgan fingerprint density at radius 2 is 2.24 bits per heavy atom. The van der Waals surface area contributed by atoms with E-state index >= 15 is 0 Å². The van der Waals surface area contributed by atoms with E-state index in [1.165, 1.54) is 0 Å². The zero-order valence-corrected chi connectivity index (χ0v) is 11.9. The number of carbonyl (C=O) groups excluding carboxylic acids is 1. The Balaban J connectivity index is 1.62. The molecule has 21 heavy (non-hydrogen) atoms. The average Bonchev–Trinajstić information content (AvgIpc) is 2.97. The molecule has 3 rings (SSSR count). The van der Waals surface area contributed by atoms with Gasteiger partial charge < -0.3 is 14.8 Å². The number of aromatic nitrogens is 1. The molecule has 0 unspecified atom stereocenters. The molecular formula is C15H13ClN2O3. The van der Waals surface area contributed by atoms with Gasteiger partial charge in [-0.2, -0.15) is 0 Å². The lowest BCUT2D eigenvalue weighted by molar-refractivity contribution is 0.0953. The summed E-state index contributed by atoms with van der Waals surface area (Å²) >= 11 is 6.05. The van der Waals surface area contributed by atoms with E-state index in [1.807, 2.05) is 18.2 Å². The molecule has 1 N–H and O–H groups in total. The number of benzene rings is 1. The minimum absolute atomic E-state index is 0.125. The number of rotatable bonds is 4. The first-order chi connectivity index (χ1) is 10.2. The van der Waals surface area contributed by atoms with E-state index < -0.39 is 0 Å². The summed E-state index contributed by atoms with van der Waals surface area (Å²) in [5.74, 6) is 0.783. The second kappa shape index (κ2) is 6.01. The third kappa shape index (κ3) is 3.08. The molecule has 0 radical (unpaired) electrons. The minimum Gasteiger partial charge on any atom is -0.454 e. The van der Waals surface area contributed by atoms with Crippen molar-refractivity contribution in [2.45, 2.75) is 6.42 Å². The van der Waals surface area contributed by atoms with Gasteiger partial charge in [0, 0.05) is 30.4 Å². The zero-order chi connectivity index (χ0) is 14.7. The SMILES string of the molecule is O=C(NCCc1ccccn1)c1cc(Cl)c2c(c1)OCO2. The fourth-order valence-corrected chi connectivity index (χ4v) is 2.32. The fraction of sp³-hybridized carbons (Fsp3) is 0.200. The molecule has 0 atom stereocenters. The van der Waals surface area contributed by atoms with Crippen LogP contribution in [0, 0.1) is 0 Å². The van der Waals surface area contributed by atoms with Crippen molar-refractivity contribution < 1.29 is 14.3 Å². The van der Waals surface area contributed by atoms with E-state index in [2.05, 4.69) is 10.3 Å². The smallest absolute Gasteiger partial charge is 0.251 e. The molecule has 108 valence electrons. The predicted octanol–water partition coefficient (Wildman–Crippen LogP) is 2.44. The number of amides is 1. The molecule has 6 heteroatoms. The van der Waals surface area contributed by atoms with Crippen LogP contribution in [0.5, 0.6) is 11.5 Å². The van der Waals surface area contributed by atoms with Gasteiger partial charge in [0.2, 0.25) is 6.79 Å². The predicted molar refractivity (Wildman–Crippen MR) is 77.8 cm³/mol. The molecule has 0 aliphatic carbocycles. The van der Waals surface area contributed by atoms with Gasteiger partial charge in [-0.25, -0.2) is 0 Å².